The van der Waals surface area contributed by atoms with E-state index >= 15 is 0 Å². The molecule has 0 atom stereocenters. The number of amides is 1. The minimum Gasteiger partial charge on any atom is -0.339 e. The van der Waals surface area contributed by atoms with E-state index in [4.69, 9.17) is 0 Å². The Balaban J connectivity index is 1.74. The molecule has 0 radical (unpaired) electrons. The molecule has 2 heterocycles. The fourth-order valence-corrected chi connectivity index (χ4v) is 2.92. The first-order chi connectivity index (χ1) is 9.83. The molecule has 1 aliphatic rings. The molecular weight excluding hydrogens is 284 g/mol. The average molecular weight is 310 g/mol. The summed E-state index contributed by atoms with van der Waals surface area (Å²) in [6.07, 6.45) is 0. The highest BCUT2D eigenvalue weighted by Gasteiger charge is 2.22. The highest BCUT2D eigenvalue weighted by molar-refractivity contribution is 7.09. The first-order valence-corrected chi connectivity index (χ1v) is 8.37. The third-order valence-corrected chi connectivity index (χ3v) is 4.37. The van der Waals surface area contributed by atoms with Crippen molar-refractivity contribution >= 4 is 17.2 Å². The fourth-order valence-electron chi connectivity index (χ4n) is 2.32. The molecule has 0 unspecified atom stereocenters. The maximum Gasteiger partial charge on any atom is 0.236 e. The molecule has 0 bridgehead atoms. The summed E-state index contributed by atoms with van der Waals surface area (Å²) in [7, 11) is 0. The predicted molar refractivity (Wildman–Crippen MR) is 86.5 cm³/mol. The van der Waals surface area contributed by atoms with Gasteiger partial charge in [0.25, 0.3) is 0 Å². The van der Waals surface area contributed by atoms with Crippen molar-refractivity contribution in [2.75, 3.05) is 32.7 Å². The second-order valence-electron chi connectivity index (χ2n) is 6.62. The quantitative estimate of drug-likeness (QED) is 0.915. The summed E-state index contributed by atoms with van der Waals surface area (Å²) in [6.45, 7) is 13.1. The second-order valence-corrected chi connectivity index (χ2v) is 7.68. The summed E-state index contributed by atoms with van der Waals surface area (Å²) in [6, 6.07) is 0. The van der Waals surface area contributed by atoms with E-state index in [1.165, 1.54) is 0 Å². The van der Waals surface area contributed by atoms with Crippen molar-refractivity contribution in [1.29, 1.82) is 0 Å². The molecule has 2 rings (SSSR count). The fraction of sp³-hybridized carbons (Fsp3) is 0.733. The Hall–Kier alpha value is -0.980. The van der Waals surface area contributed by atoms with E-state index in [9.17, 15) is 4.79 Å². The number of hydrogen-bond donors (Lipinski definition) is 1. The number of thiazole rings is 1. The molecule has 1 N–H and O–H groups in total. The Morgan fingerprint density at radius 2 is 2.00 bits per heavy atom. The molecule has 21 heavy (non-hydrogen) atoms. The summed E-state index contributed by atoms with van der Waals surface area (Å²) in [5.74, 6) is 0.203. The van der Waals surface area contributed by atoms with Gasteiger partial charge in [0.15, 0.2) is 0 Å². The first kappa shape index (κ1) is 16.4. The van der Waals surface area contributed by atoms with Crippen LogP contribution < -0.4 is 5.32 Å². The smallest absolute Gasteiger partial charge is 0.236 e. The third kappa shape index (κ3) is 5.37. The summed E-state index contributed by atoms with van der Waals surface area (Å²) < 4.78 is 0. The summed E-state index contributed by atoms with van der Waals surface area (Å²) in [5.41, 5.74) is 1.13. The number of carbonyl (C=O) groups is 1. The van der Waals surface area contributed by atoms with Gasteiger partial charge < -0.3 is 10.2 Å². The maximum atomic E-state index is 12.1. The van der Waals surface area contributed by atoms with Crippen molar-refractivity contribution in [1.82, 2.24) is 20.1 Å². The van der Waals surface area contributed by atoms with E-state index in [1.54, 1.807) is 11.3 Å². The number of aromatic nitrogens is 1. The van der Waals surface area contributed by atoms with Crippen molar-refractivity contribution < 1.29 is 4.79 Å². The van der Waals surface area contributed by atoms with Crippen LogP contribution in [-0.2, 0) is 11.3 Å². The molecule has 1 fully saturated rings. The van der Waals surface area contributed by atoms with Crippen molar-refractivity contribution in [3.63, 3.8) is 0 Å². The van der Waals surface area contributed by atoms with Crippen LogP contribution in [0.4, 0.5) is 0 Å². The predicted octanol–water partition coefficient (Wildman–Crippen LogP) is 1.48. The van der Waals surface area contributed by atoms with E-state index in [-0.39, 0.29) is 11.4 Å². The molecule has 1 aromatic heterocycles. The Bertz CT molecular complexity index is 472. The monoisotopic (exact) mass is 310 g/mol. The van der Waals surface area contributed by atoms with E-state index in [0.717, 1.165) is 43.4 Å². The lowest BCUT2D eigenvalue weighted by molar-refractivity contribution is -0.132. The lowest BCUT2D eigenvalue weighted by Gasteiger charge is -2.35. The highest BCUT2D eigenvalue weighted by Crippen LogP contribution is 2.12. The molecule has 0 aliphatic carbocycles. The van der Waals surface area contributed by atoms with Gasteiger partial charge in [-0.2, -0.15) is 0 Å². The normalized spacial score (nSPS) is 17.2. The number of carbonyl (C=O) groups excluding carboxylic acids is 1. The molecular formula is C15H26N4OS. The molecule has 6 heteroatoms. The minimum atomic E-state index is -0.0139. The number of hydrogen-bond acceptors (Lipinski definition) is 5. The molecule has 0 aromatic carbocycles. The lowest BCUT2D eigenvalue weighted by atomic mass is 10.1. The average Bonchev–Trinajstić information content (AvgIpc) is 2.81. The van der Waals surface area contributed by atoms with Crippen LogP contribution in [0.1, 0.15) is 31.5 Å². The van der Waals surface area contributed by atoms with Crippen LogP contribution >= 0.6 is 11.3 Å². The largest absolute Gasteiger partial charge is 0.339 e. The molecule has 5 nitrogen and oxygen atoms in total. The Labute approximate surface area is 131 Å². The van der Waals surface area contributed by atoms with Crippen molar-refractivity contribution in [3.05, 3.63) is 16.1 Å². The van der Waals surface area contributed by atoms with Crippen LogP contribution in [-0.4, -0.2) is 59.0 Å². The minimum absolute atomic E-state index is 0.0139. The molecule has 1 aromatic rings. The van der Waals surface area contributed by atoms with Gasteiger partial charge in [-0.25, -0.2) is 4.98 Å². The second kappa shape index (κ2) is 6.85. The standard InChI is InChI=1S/C15H26N4OS/c1-12-17-13(11-21-12)10-18-5-7-19(8-6-18)14(20)9-16-15(2,3)4/h11,16H,5-10H2,1-4H3. The summed E-state index contributed by atoms with van der Waals surface area (Å²) in [4.78, 5) is 21.0. The van der Waals surface area contributed by atoms with Crippen LogP contribution in [0.15, 0.2) is 5.38 Å². The van der Waals surface area contributed by atoms with Crippen molar-refractivity contribution in [3.8, 4) is 0 Å². The van der Waals surface area contributed by atoms with E-state index in [2.05, 4.69) is 41.4 Å². The topological polar surface area (TPSA) is 48.5 Å². The first-order valence-electron chi connectivity index (χ1n) is 7.50. The number of nitrogens with one attached hydrogen (secondary N) is 1. The molecule has 0 saturated carbocycles. The number of rotatable bonds is 4. The Kier molecular flexibility index (Phi) is 5.35. The van der Waals surface area contributed by atoms with Crippen LogP contribution in [0.5, 0.6) is 0 Å². The van der Waals surface area contributed by atoms with Crippen LogP contribution in [0.2, 0.25) is 0 Å². The SMILES string of the molecule is Cc1nc(CN2CCN(C(=O)CNC(C)(C)C)CC2)cs1. The van der Waals surface area contributed by atoms with Gasteiger partial charge >= 0.3 is 0 Å². The van der Waals surface area contributed by atoms with Gasteiger partial charge in [-0.1, -0.05) is 0 Å². The van der Waals surface area contributed by atoms with Crippen LogP contribution in [0.25, 0.3) is 0 Å². The zero-order chi connectivity index (χ0) is 15.5. The van der Waals surface area contributed by atoms with E-state index in [1.807, 2.05) is 11.8 Å². The zero-order valence-electron chi connectivity index (χ0n) is 13.5. The van der Waals surface area contributed by atoms with Crippen molar-refractivity contribution in [2.24, 2.45) is 0 Å². The summed E-state index contributed by atoms with van der Waals surface area (Å²) in [5, 5.41) is 6.50. The number of nitrogens with zero attached hydrogens (tertiary/aromatic N) is 3. The molecule has 0 spiro atoms. The maximum absolute atomic E-state index is 12.1. The van der Waals surface area contributed by atoms with Crippen LogP contribution in [0.3, 0.4) is 0 Å². The van der Waals surface area contributed by atoms with Gasteiger partial charge in [0, 0.05) is 43.6 Å². The van der Waals surface area contributed by atoms with Gasteiger partial charge in [0.1, 0.15) is 0 Å². The highest BCUT2D eigenvalue weighted by atomic mass is 32.1. The summed E-state index contributed by atoms with van der Waals surface area (Å²) >= 11 is 1.70. The number of piperazine rings is 1. The third-order valence-electron chi connectivity index (χ3n) is 3.55. The van der Waals surface area contributed by atoms with Gasteiger partial charge in [0.05, 0.1) is 17.2 Å². The van der Waals surface area contributed by atoms with Crippen LogP contribution in [0, 0.1) is 6.92 Å². The Morgan fingerprint density at radius 3 is 2.52 bits per heavy atom. The van der Waals surface area contributed by atoms with E-state index in [0.29, 0.717) is 6.54 Å². The Morgan fingerprint density at radius 1 is 1.33 bits per heavy atom. The molecule has 1 aliphatic heterocycles. The van der Waals surface area contributed by atoms with Gasteiger partial charge in [-0.3, -0.25) is 9.69 Å². The van der Waals surface area contributed by atoms with E-state index < -0.39 is 0 Å². The van der Waals surface area contributed by atoms with Gasteiger partial charge in [-0.05, 0) is 27.7 Å². The molecule has 1 saturated heterocycles. The zero-order valence-corrected chi connectivity index (χ0v) is 14.3. The molecule has 118 valence electrons. The number of aryl methyl sites for hydroxylation is 1. The van der Waals surface area contributed by atoms with Gasteiger partial charge in [0.2, 0.25) is 5.91 Å². The van der Waals surface area contributed by atoms with Crippen molar-refractivity contribution in [2.45, 2.75) is 39.8 Å². The molecule has 1 amide bonds. The lowest BCUT2D eigenvalue weighted by Crippen LogP contribution is -2.52. The van der Waals surface area contributed by atoms with Gasteiger partial charge in [-0.15, -0.1) is 11.3 Å².